The highest BCUT2D eigenvalue weighted by Crippen LogP contribution is 2.37. The first kappa shape index (κ1) is 14.2. The minimum absolute atomic E-state index is 0.0860. The molecule has 0 atom stereocenters. The molecule has 1 aliphatic rings. The molecule has 1 heterocycles. The molecule has 2 aromatic rings. The van der Waals surface area contributed by atoms with E-state index >= 15 is 0 Å². The molecule has 0 radical (unpaired) electrons. The number of carbonyl (C=O) groups excluding carboxylic acids is 1. The zero-order valence-electron chi connectivity index (χ0n) is 12.0. The van der Waals surface area contributed by atoms with Crippen LogP contribution in [0.2, 0.25) is 0 Å². The van der Waals surface area contributed by atoms with Crippen LogP contribution in [0, 0.1) is 6.92 Å². The van der Waals surface area contributed by atoms with Gasteiger partial charge in [0, 0.05) is 22.4 Å². The van der Waals surface area contributed by atoms with Crippen molar-refractivity contribution >= 4 is 27.5 Å². The smallest absolute Gasteiger partial charge is 0.272 e. The predicted octanol–water partition coefficient (Wildman–Crippen LogP) is 4.15. The highest BCUT2D eigenvalue weighted by atomic mass is 79.9. The molecule has 0 aliphatic heterocycles. The van der Waals surface area contributed by atoms with Gasteiger partial charge < -0.3 is 14.6 Å². The number of aromatic nitrogens is 1. The first-order chi connectivity index (χ1) is 10.1. The number of carbonyl (C=O) groups is 1. The lowest BCUT2D eigenvalue weighted by Gasteiger charge is -2.10. The van der Waals surface area contributed by atoms with Crippen molar-refractivity contribution in [1.82, 2.24) is 4.57 Å². The molecule has 0 unspecified atom stereocenters. The van der Waals surface area contributed by atoms with Gasteiger partial charge in [0.05, 0.1) is 7.11 Å². The van der Waals surface area contributed by atoms with E-state index in [4.69, 9.17) is 4.74 Å². The van der Waals surface area contributed by atoms with Gasteiger partial charge in [-0.05, 0) is 65.5 Å². The Bertz CT molecular complexity index is 690. The van der Waals surface area contributed by atoms with E-state index in [9.17, 15) is 4.79 Å². The molecule has 110 valence electrons. The minimum Gasteiger partial charge on any atom is -0.496 e. The third-order valence-electron chi connectivity index (χ3n) is 3.64. The number of aryl methyl sites for hydroxylation is 1. The molecule has 4 nitrogen and oxygen atoms in total. The fourth-order valence-electron chi connectivity index (χ4n) is 2.43. The van der Waals surface area contributed by atoms with E-state index < -0.39 is 0 Å². The fourth-order valence-corrected chi connectivity index (χ4v) is 2.87. The molecule has 1 aromatic heterocycles. The molecule has 5 heteroatoms. The highest BCUT2D eigenvalue weighted by Gasteiger charge is 2.27. The summed E-state index contributed by atoms with van der Waals surface area (Å²) in [6, 6.07) is 7.96. The van der Waals surface area contributed by atoms with Crippen molar-refractivity contribution in [3.05, 3.63) is 46.2 Å². The molecular weight excluding hydrogens is 332 g/mol. The average molecular weight is 349 g/mol. The Morgan fingerprint density at radius 2 is 2.14 bits per heavy atom. The summed E-state index contributed by atoms with van der Waals surface area (Å²) in [5.41, 5.74) is 2.46. The maximum Gasteiger partial charge on any atom is 0.272 e. The molecule has 1 fully saturated rings. The minimum atomic E-state index is -0.0860. The Labute approximate surface area is 132 Å². The number of hydrogen-bond acceptors (Lipinski definition) is 2. The second kappa shape index (κ2) is 5.56. The monoisotopic (exact) mass is 348 g/mol. The molecule has 21 heavy (non-hydrogen) atoms. The molecule has 1 N–H and O–H groups in total. The van der Waals surface area contributed by atoms with Crippen LogP contribution in [0.1, 0.15) is 34.9 Å². The lowest BCUT2D eigenvalue weighted by Crippen LogP contribution is -2.16. The van der Waals surface area contributed by atoms with Crippen molar-refractivity contribution in [1.29, 1.82) is 0 Å². The van der Waals surface area contributed by atoms with Gasteiger partial charge in [0.2, 0.25) is 0 Å². The fraction of sp³-hybridized carbons (Fsp3) is 0.312. The van der Waals surface area contributed by atoms with Crippen LogP contribution in [0.3, 0.4) is 0 Å². The van der Waals surface area contributed by atoms with Gasteiger partial charge >= 0.3 is 0 Å². The van der Waals surface area contributed by atoms with Gasteiger partial charge in [-0.3, -0.25) is 4.79 Å². The summed E-state index contributed by atoms with van der Waals surface area (Å²) in [5.74, 6) is 0.731. The number of nitrogens with one attached hydrogen (secondary N) is 1. The summed E-state index contributed by atoms with van der Waals surface area (Å²) in [6.07, 6.45) is 4.26. The Morgan fingerprint density at radius 3 is 2.76 bits per heavy atom. The second-order valence-corrected chi connectivity index (χ2v) is 6.24. The molecule has 1 aliphatic carbocycles. The van der Waals surface area contributed by atoms with E-state index in [1.54, 1.807) is 7.11 Å². The van der Waals surface area contributed by atoms with Crippen LogP contribution in [-0.4, -0.2) is 17.6 Å². The Balaban J connectivity index is 1.81. The van der Waals surface area contributed by atoms with Crippen molar-refractivity contribution < 1.29 is 9.53 Å². The summed E-state index contributed by atoms with van der Waals surface area (Å²) in [4.78, 5) is 12.5. The molecule has 1 aromatic carbocycles. The molecule has 3 rings (SSSR count). The van der Waals surface area contributed by atoms with Crippen LogP contribution < -0.4 is 10.1 Å². The van der Waals surface area contributed by atoms with Gasteiger partial charge in [0.15, 0.2) is 0 Å². The molecule has 0 bridgehead atoms. The Hall–Kier alpha value is -1.75. The molecule has 1 amide bonds. The number of amides is 1. The third-order valence-corrected chi connectivity index (χ3v) is 4.07. The molecule has 0 spiro atoms. The number of benzene rings is 1. The summed E-state index contributed by atoms with van der Waals surface area (Å²) < 4.78 is 8.22. The zero-order valence-corrected chi connectivity index (χ0v) is 13.6. The highest BCUT2D eigenvalue weighted by molar-refractivity contribution is 9.10. The Kier molecular flexibility index (Phi) is 3.76. The summed E-state index contributed by atoms with van der Waals surface area (Å²) in [7, 11) is 1.64. The van der Waals surface area contributed by atoms with Crippen LogP contribution >= 0.6 is 15.9 Å². The van der Waals surface area contributed by atoms with Crippen LogP contribution in [0.15, 0.2) is 34.9 Å². The summed E-state index contributed by atoms with van der Waals surface area (Å²) in [6.45, 7) is 1.96. The van der Waals surface area contributed by atoms with Crippen LogP contribution in [0.4, 0.5) is 5.69 Å². The number of halogens is 1. The van der Waals surface area contributed by atoms with Crippen molar-refractivity contribution in [3.63, 3.8) is 0 Å². The van der Waals surface area contributed by atoms with Gasteiger partial charge in [-0.15, -0.1) is 0 Å². The number of ether oxygens (including phenoxy) is 1. The van der Waals surface area contributed by atoms with Gasteiger partial charge in [-0.1, -0.05) is 0 Å². The van der Waals surface area contributed by atoms with Crippen LogP contribution in [0.5, 0.6) is 5.75 Å². The number of anilines is 1. The van der Waals surface area contributed by atoms with Gasteiger partial charge in [-0.2, -0.15) is 0 Å². The molecular formula is C16H17BrN2O2. The number of nitrogens with zero attached hydrogens (tertiary/aromatic N) is 1. The maximum absolute atomic E-state index is 12.5. The normalized spacial score (nSPS) is 14.0. The first-order valence-electron chi connectivity index (χ1n) is 6.92. The zero-order chi connectivity index (χ0) is 15.0. The van der Waals surface area contributed by atoms with Crippen molar-refractivity contribution in [2.75, 3.05) is 12.4 Å². The molecule has 1 saturated carbocycles. The maximum atomic E-state index is 12.5. The summed E-state index contributed by atoms with van der Waals surface area (Å²) >= 11 is 3.45. The summed E-state index contributed by atoms with van der Waals surface area (Å²) in [5, 5.41) is 2.95. The van der Waals surface area contributed by atoms with E-state index in [1.807, 2.05) is 37.4 Å². The number of rotatable bonds is 4. The quantitative estimate of drug-likeness (QED) is 0.901. The standard InChI is InChI=1S/C16H17BrN2O2/c1-10-7-12(3-6-15(10)21-2)18-16(20)14-8-11(17)9-19(14)13-4-5-13/h3,6-9,13H,4-5H2,1-2H3,(H,18,20). The van der Waals surface area contributed by atoms with Gasteiger partial charge in [0.25, 0.3) is 5.91 Å². The van der Waals surface area contributed by atoms with E-state index in [-0.39, 0.29) is 5.91 Å². The molecule has 0 saturated heterocycles. The largest absolute Gasteiger partial charge is 0.496 e. The Morgan fingerprint density at radius 1 is 1.38 bits per heavy atom. The average Bonchev–Trinajstić information content (AvgIpc) is 3.21. The van der Waals surface area contributed by atoms with Crippen LogP contribution in [-0.2, 0) is 0 Å². The second-order valence-electron chi connectivity index (χ2n) is 5.32. The third kappa shape index (κ3) is 2.97. The van der Waals surface area contributed by atoms with Gasteiger partial charge in [0.1, 0.15) is 11.4 Å². The van der Waals surface area contributed by atoms with Crippen molar-refractivity contribution in [2.45, 2.75) is 25.8 Å². The van der Waals surface area contributed by atoms with E-state index in [2.05, 4.69) is 25.8 Å². The number of hydrogen-bond donors (Lipinski definition) is 1. The van der Waals surface area contributed by atoms with Gasteiger partial charge in [-0.25, -0.2) is 0 Å². The van der Waals surface area contributed by atoms with Crippen LogP contribution in [0.25, 0.3) is 0 Å². The van der Waals surface area contributed by atoms with E-state index in [1.165, 1.54) is 0 Å². The van der Waals surface area contributed by atoms with E-state index in [0.29, 0.717) is 11.7 Å². The SMILES string of the molecule is COc1ccc(NC(=O)c2cc(Br)cn2C2CC2)cc1C. The lowest BCUT2D eigenvalue weighted by molar-refractivity contribution is 0.101. The van der Waals surface area contributed by atoms with Crippen molar-refractivity contribution in [2.24, 2.45) is 0 Å². The lowest BCUT2D eigenvalue weighted by atomic mass is 10.2. The number of methoxy groups -OCH3 is 1. The first-order valence-corrected chi connectivity index (χ1v) is 7.71. The van der Waals surface area contributed by atoms with Crippen molar-refractivity contribution in [3.8, 4) is 5.75 Å². The van der Waals surface area contributed by atoms with E-state index in [0.717, 1.165) is 34.3 Å². The topological polar surface area (TPSA) is 43.3 Å². The predicted molar refractivity (Wildman–Crippen MR) is 86.1 cm³/mol.